The zero-order chi connectivity index (χ0) is 20.9. The molecule has 7 nitrogen and oxygen atoms in total. The number of fused-ring (bicyclic) bond motifs is 5. The highest BCUT2D eigenvalue weighted by atomic mass is 35.5. The molecule has 2 aliphatic rings. The van der Waals surface area contributed by atoms with Gasteiger partial charge in [0, 0.05) is 57.0 Å². The largest absolute Gasteiger partial charge is 0.363 e. The fraction of sp³-hybridized carbons (Fsp3) is 0.619. The van der Waals surface area contributed by atoms with Gasteiger partial charge in [0.2, 0.25) is 0 Å². The third-order valence-corrected chi connectivity index (χ3v) is 6.69. The Morgan fingerprint density at radius 1 is 1.17 bits per heavy atom. The Hall–Kier alpha value is -1.83. The Bertz CT molecular complexity index is 974. The molecule has 1 fully saturated rings. The monoisotopic (exact) mass is 418 g/mol. The SMILES string of the molecule is CC1CN2c3c(c(=O)n(C)c4c(Cl)cncc34)N(CCCN(C)C)CC2CN1C. The molecule has 8 heteroatoms. The quantitative estimate of drug-likeness (QED) is 0.755. The van der Waals surface area contributed by atoms with E-state index in [4.69, 9.17) is 11.6 Å². The minimum atomic E-state index is 0.0236. The number of aryl methyl sites for hydroxylation is 1. The van der Waals surface area contributed by atoms with Crippen LogP contribution in [0.4, 0.5) is 11.4 Å². The third kappa shape index (κ3) is 3.49. The molecule has 29 heavy (non-hydrogen) atoms. The van der Waals surface area contributed by atoms with Crippen molar-refractivity contribution in [2.45, 2.75) is 25.4 Å². The third-order valence-electron chi connectivity index (χ3n) is 6.42. The summed E-state index contributed by atoms with van der Waals surface area (Å²) in [5.74, 6) is 0. The van der Waals surface area contributed by atoms with Gasteiger partial charge in [-0.15, -0.1) is 0 Å². The van der Waals surface area contributed by atoms with Crippen LogP contribution in [-0.4, -0.2) is 85.3 Å². The number of halogens is 1. The zero-order valence-electron chi connectivity index (χ0n) is 18.0. The Kier molecular flexibility index (Phi) is 5.48. The molecule has 0 bridgehead atoms. The van der Waals surface area contributed by atoms with Crippen LogP contribution in [0.3, 0.4) is 0 Å². The second-order valence-electron chi connectivity index (χ2n) is 8.78. The molecule has 2 aromatic rings. The molecule has 0 saturated carbocycles. The van der Waals surface area contributed by atoms with E-state index in [2.05, 4.69) is 52.7 Å². The second kappa shape index (κ2) is 7.78. The van der Waals surface area contributed by atoms with Crippen molar-refractivity contribution >= 4 is 33.9 Å². The maximum absolute atomic E-state index is 13.5. The predicted octanol–water partition coefficient (Wildman–Crippen LogP) is 1.87. The molecule has 4 rings (SSSR count). The van der Waals surface area contributed by atoms with Crippen molar-refractivity contribution in [3.8, 4) is 0 Å². The van der Waals surface area contributed by atoms with Crippen LogP contribution in [0.25, 0.3) is 10.9 Å². The van der Waals surface area contributed by atoms with Crippen LogP contribution < -0.4 is 15.4 Å². The summed E-state index contributed by atoms with van der Waals surface area (Å²) in [5.41, 5.74) is 2.61. The van der Waals surface area contributed by atoms with Crippen molar-refractivity contribution in [2.75, 3.05) is 63.7 Å². The van der Waals surface area contributed by atoms with E-state index < -0.39 is 0 Å². The first kappa shape index (κ1) is 20.4. The second-order valence-corrected chi connectivity index (χ2v) is 9.18. The van der Waals surface area contributed by atoms with E-state index in [1.807, 2.05) is 13.2 Å². The lowest BCUT2D eigenvalue weighted by atomic mass is 9.99. The number of piperazine rings is 1. The van der Waals surface area contributed by atoms with E-state index in [-0.39, 0.29) is 5.56 Å². The molecule has 4 heterocycles. The first-order chi connectivity index (χ1) is 13.8. The van der Waals surface area contributed by atoms with Gasteiger partial charge in [0.25, 0.3) is 5.56 Å². The molecule has 0 N–H and O–H groups in total. The first-order valence-corrected chi connectivity index (χ1v) is 10.7. The molecule has 158 valence electrons. The van der Waals surface area contributed by atoms with Crippen LogP contribution in [-0.2, 0) is 7.05 Å². The number of hydrogen-bond donors (Lipinski definition) is 0. The Balaban J connectivity index is 1.90. The van der Waals surface area contributed by atoms with Crippen molar-refractivity contribution < 1.29 is 0 Å². The van der Waals surface area contributed by atoms with Gasteiger partial charge >= 0.3 is 0 Å². The molecule has 2 aliphatic heterocycles. The zero-order valence-corrected chi connectivity index (χ0v) is 18.8. The van der Waals surface area contributed by atoms with Crippen molar-refractivity contribution in [3.63, 3.8) is 0 Å². The van der Waals surface area contributed by atoms with E-state index in [1.54, 1.807) is 10.8 Å². The summed E-state index contributed by atoms with van der Waals surface area (Å²) in [4.78, 5) is 27.2. The van der Waals surface area contributed by atoms with Crippen LogP contribution >= 0.6 is 11.6 Å². The standard InChI is InChI=1S/C21H31ClN6O/c1-14-11-28-15(12-25(14)4)13-27(8-6-7-24(2)3)20-19(28)16-9-23-10-17(22)18(16)26(5)21(20)29/h9-10,14-15H,6-8,11-13H2,1-5H3. The normalized spacial score (nSPS) is 22.3. The molecule has 2 atom stereocenters. The molecule has 1 saturated heterocycles. The van der Waals surface area contributed by atoms with Gasteiger partial charge in [-0.05, 0) is 41.0 Å². The molecule has 0 aliphatic carbocycles. The van der Waals surface area contributed by atoms with Crippen molar-refractivity contribution in [2.24, 2.45) is 7.05 Å². The van der Waals surface area contributed by atoms with Crippen LogP contribution in [0, 0.1) is 0 Å². The molecule has 2 unspecified atom stereocenters. The summed E-state index contributed by atoms with van der Waals surface area (Å²) in [6, 6.07) is 0.767. The van der Waals surface area contributed by atoms with Crippen molar-refractivity contribution in [1.29, 1.82) is 0 Å². The number of hydrogen-bond acceptors (Lipinski definition) is 6. The average Bonchev–Trinajstić information content (AvgIpc) is 2.66. The van der Waals surface area contributed by atoms with Gasteiger partial charge in [0.15, 0.2) is 0 Å². The van der Waals surface area contributed by atoms with E-state index >= 15 is 0 Å². The van der Waals surface area contributed by atoms with Crippen LogP contribution in [0.2, 0.25) is 5.02 Å². The number of anilines is 2. The fourth-order valence-corrected chi connectivity index (χ4v) is 5.03. The van der Waals surface area contributed by atoms with Gasteiger partial charge < -0.3 is 19.3 Å². The summed E-state index contributed by atoms with van der Waals surface area (Å²) in [5, 5.41) is 1.49. The van der Waals surface area contributed by atoms with Gasteiger partial charge in [-0.2, -0.15) is 0 Å². The maximum Gasteiger partial charge on any atom is 0.276 e. The Morgan fingerprint density at radius 3 is 2.66 bits per heavy atom. The first-order valence-electron chi connectivity index (χ1n) is 10.3. The molecule has 0 radical (unpaired) electrons. The Labute approximate surface area is 177 Å². The number of likely N-dealkylation sites (N-methyl/N-ethyl adjacent to an activating group) is 1. The Morgan fingerprint density at radius 2 is 1.93 bits per heavy atom. The van der Waals surface area contributed by atoms with Crippen LogP contribution in [0.5, 0.6) is 0 Å². The molecule has 0 aromatic carbocycles. The molecule has 0 amide bonds. The number of pyridine rings is 2. The molecule has 0 spiro atoms. The van der Waals surface area contributed by atoms with Crippen LogP contribution in [0.1, 0.15) is 13.3 Å². The van der Waals surface area contributed by atoms with Crippen molar-refractivity contribution in [1.82, 2.24) is 19.4 Å². The maximum atomic E-state index is 13.5. The summed E-state index contributed by atoms with van der Waals surface area (Å²) in [6.07, 6.45) is 4.50. The van der Waals surface area contributed by atoms with E-state index in [0.29, 0.717) is 17.1 Å². The topological polar surface area (TPSA) is 47.9 Å². The smallest absolute Gasteiger partial charge is 0.276 e. The minimum absolute atomic E-state index is 0.0236. The molecule has 2 aromatic heterocycles. The lowest BCUT2D eigenvalue weighted by molar-refractivity contribution is 0.198. The number of nitrogens with zero attached hydrogens (tertiary/aromatic N) is 6. The molecular weight excluding hydrogens is 388 g/mol. The highest BCUT2D eigenvalue weighted by Crippen LogP contribution is 2.41. The van der Waals surface area contributed by atoms with Gasteiger partial charge in [-0.1, -0.05) is 11.6 Å². The summed E-state index contributed by atoms with van der Waals surface area (Å²) in [6.45, 7) is 6.85. The molecular formula is C21H31ClN6O. The van der Waals surface area contributed by atoms with E-state index in [0.717, 1.165) is 61.4 Å². The van der Waals surface area contributed by atoms with Crippen LogP contribution in [0.15, 0.2) is 17.2 Å². The van der Waals surface area contributed by atoms with Gasteiger partial charge in [0.05, 0.1) is 22.3 Å². The van der Waals surface area contributed by atoms with Gasteiger partial charge in [0.1, 0.15) is 5.69 Å². The van der Waals surface area contributed by atoms with Gasteiger partial charge in [-0.3, -0.25) is 14.7 Å². The number of rotatable bonds is 4. The predicted molar refractivity (Wildman–Crippen MR) is 121 cm³/mol. The minimum Gasteiger partial charge on any atom is -0.363 e. The van der Waals surface area contributed by atoms with Gasteiger partial charge in [-0.25, -0.2) is 0 Å². The highest BCUT2D eigenvalue weighted by molar-refractivity contribution is 6.35. The summed E-state index contributed by atoms with van der Waals surface area (Å²) in [7, 11) is 8.18. The van der Waals surface area contributed by atoms with Crippen molar-refractivity contribution in [3.05, 3.63) is 27.8 Å². The van der Waals surface area contributed by atoms with E-state index in [9.17, 15) is 4.79 Å². The average molecular weight is 419 g/mol. The number of aromatic nitrogens is 2. The highest BCUT2D eigenvalue weighted by Gasteiger charge is 2.39. The summed E-state index contributed by atoms with van der Waals surface area (Å²) < 4.78 is 1.69. The van der Waals surface area contributed by atoms with E-state index in [1.165, 1.54) is 0 Å². The summed E-state index contributed by atoms with van der Waals surface area (Å²) >= 11 is 6.49. The lowest BCUT2D eigenvalue weighted by Gasteiger charge is -2.51. The lowest BCUT2D eigenvalue weighted by Crippen LogP contribution is -2.62. The fourth-order valence-electron chi connectivity index (χ4n) is 4.75.